The van der Waals surface area contributed by atoms with E-state index in [2.05, 4.69) is 15.9 Å². The molecule has 1 aliphatic carbocycles. The summed E-state index contributed by atoms with van der Waals surface area (Å²) in [6.07, 6.45) is 1.81. The zero-order valence-corrected chi connectivity index (χ0v) is 9.08. The highest BCUT2D eigenvalue weighted by atomic mass is 79.9. The highest BCUT2D eigenvalue weighted by Crippen LogP contribution is 2.47. The van der Waals surface area contributed by atoms with Crippen molar-refractivity contribution in [3.63, 3.8) is 0 Å². The number of benzene rings is 1. The predicted octanol–water partition coefficient (Wildman–Crippen LogP) is 2.89. The SMILES string of the molecule is O=CC(c1ccccc1F)C1CC1Br. The van der Waals surface area contributed by atoms with Crippen LogP contribution in [-0.4, -0.2) is 11.1 Å². The van der Waals surface area contributed by atoms with Gasteiger partial charge < -0.3 is 4.79 Å². The first-order valence-electron chi connectivity index (χ1n) is 4.58. The first-order valence-corrected chi connectivity index (χ1v) is 5.49. The van der Waals surface area contributed by atoms with Gasteiger partial charge in [0, 0.05) is 10.7 Å². The van der Waals surface area contributed by atoms with E-state index in [1.54, 1.807) is 18.2 Å². The Bertz CT molecular complexity index is 353. The van der Waals surface area contributed by atoms with Gasteiger partial charge in [0.1, 0.15) is 12.1 Å². The summed E-state index contributed by atoms with van der Waals surface area (Å²) >= 11 is 3.43. The van der Waals surface area contributed by atoms with E-state index in [9.17, 15) is 9.18 Å². The number of rotatable bonds is 3. The number of carbonyl (C=O) groups excluding carboxylic acids is 1. The van der Waals surface area contributed by atoms with Gasteiger partial charge in [0.25, 0.3) is 0 Å². The van der Waals surface area contributed by atoms with Crippen LogP contribution in [0, 0.1) is 11.7 Å². The fraction of sp³-hybridized carbons (Fsp3) is 0.364. The van der Waals surface area contributed by atoms with Gasteiger partial charge in [-0.05, 0) is 24.0 Å². The third-order valence-corrected chi connectivity index (χ3v) is 3.68. The van der Waals surface area contributed by atoms with E-state index < -0.39 is 0 Å². The van der Waals surface area contributed by atoms with Gasteiger partial charge in [-0.1, -0.05) is 34.1 Å². The van der Waals surface area contributed by atoms with Crippen LogP contribution < -0.4 is 0 Å². The molecule has 0 radical (unpaired) electrons. The Morgan fingerprint density at radius 3 is 2.64 bits per heavy atom. The van der Waals surface area contributed by atoms with E-state index in [1.165, 1.54) is 6.07 Å². The van der Waals surface area contributed by atoms with Crippen molar-refractivity contribution in [2.45, 2.75) is 17.2 Å². The predicted molar refractivity (Wildman–Crippen MR) is 56.0 cm³/mol. The summed E-state index contributed by atoms with van der Waals surface area (Å²) in [7, 11) is 0. The molecule has 0 bridgehead atoms. The second kappa shape index (κ2) is 3.81. The van der Waals surface area contributed by atoms with Crippen LogP contribution in [-0.2, 0) is 4.79 Å². The molecule has 0 spiro atoms. The summed E-state index contributed by atoms with van der Waals surface area (Å²) in [5.74, 6) is -0.304. The molecule has 1 saturated carbocycles. The van der Waals surface area contributed by atoms with Gasteiger partial charge in [-0.25, -0.2) is 4.39 Å². The van der Waals surface area contributed by atoms with Crippen LogP contribution in [0.25, 0.3) is 0 Å². The third-order valence-electron chi connectivity index (χ3n) is 2.63. The van der Waals surface area contributed by atoms with Gasteiger partial charge in [-0.15, -0.1) is 0 Å². The van der Waals surface area contributed by atoms with E-state index >= 15 is 0 Å². The molecule has 2 rings (SSSR count). The molecule has 1 nitrogen and oxygen atoms in total. The van der Waals surface area contributed by atoms with Crippen molar-refractivity contribution >= 4 is 22.2 Å². The Morgan fingerprint density at radius 2 is 2.14 bits per heavy atom. The van der Waals surface area contributed by atoms with Gasteiger partial charge in [0.05, 0.1) is 0 Å². The van der Waals surface area contributed by atoms with Gasteiger partial charge in [0.2, 0.25) is 0 Å². The van der Waals surface area contributed by atoms with E-state index in [0.29, 0.717) is 10.4 Å². The lowest BCUT2D eigenvalue weighted by molar-refractivity contribution is -0.109. The van der Waals surface area contributed by atoms with E-state index in [4.69, 9.17) is 0 Å². The zero-order valence-electron chi connectivity index (χ0n) is 7.49. The maximum Gasteiger partial charge on any atom is 0.127 e. The number of aldehydes is 1. The maximum absolute atomic E-state index is 13.4. The molecule has 0 N–H and O–H groups in total. The van der Waals surface area contributed by atoms with Crippen LogP contribution in [0.4, 0.5) is 4.39 Å². The molecule has 1 aliphatic rings. The van der Waals surface area contributed by atoms with Crippen LogP contribution in [0.15, 0.2) is 24.3 Å². The third kappa shape index (κ3) is 1.73. The second-order valence-corrected chi connectivity index (χ2v) is 4.78. The second-order valence-electron chi connectivity index (χ2n) is 3.60. The summed E-state index contributed by atoms with van der Waals surface area (Å²) in [6, 6.07) is 6.49. The highest BCUT2D eigenvalue weighted by Gasteiger charge is 2.42. The van der Waals surface area contributed by atoms with Crippen molar-refractivity contribution in [2.75, 3.05) is 0 Å². The molecule has 74 valence electrons. The largest absolute Gasteiger partial charge is 0.303 e. The van der Waals surface area contributed by atoms with Gasteiger partial charge in [-0.3, -0.25) is 0 Å². The van der Waals surface area contributed by atoms with E-state index in [1.807, 2.05) is 0 Å². The van der Waals surface area contributed by atoms with Gasteiger partial charge in [0.15, 0.2) is 0 Å². The minimum Gasteiger partial charge on any atom is -0.303 e. The first kappa shape index (κ1) is 9.84. The number of halogens is 2. The lowest BCUT2D eigenvalue weighted by atomic mass is 9.95. The van der Waals surface area contributed by atoms with Gasteiger partial charge >= 0.3 is 0 Å². The standard InChI is InChI=1S/C11H10BrFO/c12-10-5-8(10)9(6-14)7-3-1-2-4-11(7)13/h1-4,6,8-10H,5H2. The number of hydrogen-bond donors (Lipinski definition) is 0. The lowest BCUT2D eigenvalue weighted by Crippen LogP contribution is -2.06. The monoisotopic (exact) mass is 256 g/mol. The summed E-state index contributed by atoms with van der Waals surface area (Å²) in [5.41, 5.74) is 0.523. The molecular formula is C11H10BrFO. The fourth-order valence-corrected chi connectivity index (χ4v) is 2.46. The average Bonchev–Trinajstić information content (AvgIpc) is 2.88. The van der Waals surface area contributed by atoms with E-state index in [-0.39, 0.29) is 17.7 Å². The molecule has 1 aromatic rings. The average molecular weight is 257 g/mol. The molecule has 0 amide bonds. The maximum atomic E-state index is 13.4. The molecule has 0 heterocycles. The van der Waals surface area contributed by atoms with Crippen LogP contribution in [0.5, 0.6) is 0 Å². The summed E-state index contributed by atoms with van der Waals surface area (Å²) in [6.45, 7) is 0. The van der Waals surface area contributed by atoms with Gasteiger partial charge in [-0.2, -0.15) is 0 Å². The van der Waals surface area contributed by atoms with Crippen molar-refractivity contribution in [1.82, 2.24) is 0 Å². The molecule has 3 heteroatoms. The number of carbonyl (C=O) groups is 1. The molecular weight excluding hydrogens is 247 g/mol. The summed E-state index contributed by atoms with van der Waals surface area (Å²) in [4.78, 5) is 11.3. The lowest BCUT2D eigenvalue weighted by Gasteiger charge is -2.09. The highest BCUT2D eigenvalue weighted by molar-refractivity contribution is 9.09. The molecule has 1 aromatic carbocycles. The molecule has 0 aliphatic heterocycles. The minimum absolute atomic E-state index is 0.268. The molecule has 1 fully saturated rings. The zero-order chi connectivity index (χ0) is 10.1. The van der Waals surface area contributed by atoms with E-state index in [0.717, 1.165) is 12.7 Å². The Labute approximate surface area is 90.4 Å². The first-order chi connectivity index (χ1) is 6.74. The van der Waals surface area contributed by atoms with Crippen LogP contribution in [0.1, 0.15) is 17.9 Å². The molecule has 0 aromatic heterocycles. The smallest absolute Gasteiger partial charge is 0.127 e. The Balaban J connectivity index is 2.28. The van der Waals surface area contributed by atoms with Crippen molar-refractivity contribution < 1.29 is 9.18 Å². The topological polar surface area (TPSA) is 17.1 Å². The summed E-state index contributed by atoms with van der Waals surface area (Å²) in [5, 5.41) is 0. The van der Waals surface area contributed by atoms with Crippen LogP contribution in [0.3, 0.4) is 0 Å². The summed E-state index contributed by atoms with van der Waals surface area (Å²) < 4.78 is 13.4. The Hall–Kier alpha value is -0.700. The van der Waals surface area contributed by atoms with Crippen molar-refractivity contribution in [3.8, 4) is 0 Å². The van der Waals surface area contributed by atoms with Crippen molar-refractivity contribution in [3.05, 3.63) is 35.6 Å². The van der Waals surface area contributed by atoms with Crippen molar-refractivity contribution in [1.29, 1.82) is 0 Å². The Kier molecular flexibility index (Phi) is 2.68. The molecule has 14 heavy (non-hydrogen) atoms. The molecule has 3 unspecified atom stereocenters. The van der Waals surface area contributed by atoms with Crippen LogP contribution in [0.2, 0.25) is 0 Å². The quantitative estimate of drug-likeness (QED) is 0.601. The number of alkyl halides is 1. The molecule has 0 saturated heterocycles. The van der Waals surface area contributed by atoms with Crippen LogP contribution >= 0.6 is 15.9 Å². The minimum atomic E-state index is -0.291. The van der Waals surface area contributed by atoms with Crippen molar-refractivity contribution in [2.24, 2.45) is 5.92 Å². The Morgan fingerprint density at radius 1 is 1.50 bits per heavy atom. The molecule has 3 atom stereocenters. The number of hydrogen-bond acceptors (Lipinski definition) is 1. The fourth-order valence-electron chi connectivity index (χ4n) is 1.70. The normalized spacial score (nSPS) is 27.0.